The molecule has 5 heteroatoms. The lowest BCUT2D eigenvalue weighted by Gasteiger charge is -1.96. The monoisotopic (exact) mass is 397 g/mol. The van der Waals surface area contributed by atoms with E-state index in [0.29, 0.717) is 0 Å². The van der Waals surface area contributed by atoms with E-state index in [2.05, 4.69) is 56.7 Å². The predicted molar refractivity (Wildman–Crippen MR) is 64.3 cm³/mol. The zero-order valence-electron chi connectivity index (χ0n) is 5.23. The van der Waals surface area contributed by atoms with E-state index in [-0.39, 0.29) is 0 Å². The summed E-state index contributed by atoms with van der Waals surface area (Å²) >= 11 is 11.5. The molecule has 0 radical (unpaired) electrons. The molecule has 0 aliphatic heterocycles. The van der Waals surface area contributed by atoms with Gasteiger partial charge in [0.15, 0.2) is 3.95 Å². The molecular formula is C5H5I2NS2. The highest BCUT2D eigenvalue weighted by molar-refractivity contribution is 14.1. The van der Waals surface area contributed by atoms with Crippen LogP contribution in [0.5, 0.6) is 0 Å². The standard InChI is InChI=1S/C5H5I2NS2/c1-2-8-3(6)4(7)10-5(8)9/h2H2,1H3. The molecule has 1 aromatic rings. The van der Waals surface area contributed by atoms with Crippen molar-refractivity contribution in [3.8, 4) is 0 Å². The lowest BCUT2D eigenvalue weighted by atomic mass is 10.7. The van der Waals surface area contributed by atoms with Gasteiger partial charge in [0.1, 0.15) is 3.70 Å². The van der Waals surface area contributed by atoms with Gasteiger partial charge in [0.05, 0.1) is 2.88 Å². The van der Waals surface area contributed by atoms with Crippen LogP contribution in [-0.4, -0.2) is 4.57 Å². The smallest absolute Gasteiger partial charge is 0.162 e. The molecule has 0 saturated carbocycles. The second-order valence-electron chi connectivity index (χ2n) is 1.68. The van der Waals surface area contributed by atoms with Gasteiger partial charge in [-0.1, -0.05) is 11.3 Å². The summed E-state index contributed by atoms with van der Waals surface area (Å²) in [6, 6.07) is 0. The van der Waals surface area contributed by atoms with E-state index in [9.17, 15) is 0 Å². The van der Waals surface area contributed by atoms with E-state index >= 15 is 0 Å². The Balaban J connectivity index is 3.34. The van der Waals surface area contributed by atoms with Crippen LogP contribution in [0, 0.1) is 10.5 Å². The quantitative estimate of drug-likeness (QED) is 0.519. The molecule has 0 amide bonds. The molecule has 0 aliphatic carbocycles. The Morgan fingerprint density at radius 1 is 1.60 bits per heavy atom. The highest BCUT2D eigenvalue weighted by atomic mass is 127. The first kappa shape index (κ1) is 9.40. The third kappa shape index (κ3) is 1.72. The fourth-order valence-electron chi connectivity index (χ4n) is 0.628. The van der Waals surface area contributed by atoms with E-state index in [1.165, 1.54) is 6.58 Å². The van der Waals surface area contributed by atoms with Gasteiger partial charge < -0.3 is 4.57 Å². The molecule has 0 spiro atoms. The van der Waals surface area contributed by atoms with E-state index < -0.39 is 0 Å². The average molecular weight is 397 g/mol. The highest BCUT2D eigenvalue weighted by Crippen LogP contribution is 2.22. The van der Waals surface area contributed by atoms with Gasteiger partial charge in [0, 0.05) is 6.54 Å². The number of nitrogens with zero attached hydrogens (tertiary/aromatic N) is 1. The second-order valence-corrected chi connectivity index (χ2v) is 6.15. The van der Waals surface area contributed by atoms with Crippen LogP contribution < -0.4 is 0 Å². The van der Waals surface area contributed by atoms with Gasteiger partial charge in [0.25, 0.3) is 0 Å². The summed E-state index contributed by atoms with van der Waals surface area (Å²) in [5.41, 5.74) is 0. The number of halogens is 2. The summed E-state index contributed by atoms with van der Waals surface area (Å²) in [5, 5.41) is 0. The van der Waals surface area contributed by atoms with Crippen molar-refractivity contribution in [2.75, 3.05) is 0 Å². The number of thiazole rings is 1. The number of hydrogen-bond acceptors (Lipinski definition) is 2. The maximum absolute atomic E-state index is 5.13. The van der Waals surface area contributed by atoms with Crippen molar-refractivity contribution in [3.05, 3.63) is 10.5 Å². The molecule has 0 N–H and O–H groups in total. The molecule has 0 saturated heterocycles. The SMILES string of the molecule is CCn1c(I)c(I)sc1=S. The van der Waals surface area contributed by atoms with Crippen LogP contribution in [0.2, 0.25) is 0 Å². The second kappa shape index (κ2) is 3.81. The third-order valence-corrected chi connectivity index (χ3v) is 6.04. The molecule has 56 valence electrons. The van der Waals surface area contributed by atoms with Gasteiger partial charge in [-0.25, -0.2) is 0 Å². The normalized spacial score (nSPS) is 10.3. The topological polar surface area (TPSA) is 4.93 Å². The Morgan fingerprint density at radius 2 is 2.20 bits per heavy atom. The molecule has 1 nitrogen and oxygen atoms in total. The van der Waals surface area contributed by atoms with E-state index in [1.54, 1.807) is 11.3 Å². The molecule has 0 aliphatic rings. The van der Waals surface area contributed by atoms with Crippen molar-refractivity contribution in [2.24, 2.45) is 0 Å². The maximum Gasteiger partial charge on any atom is 0.162 e. The Morgan fingerprint density at radius 3 is 2.40 bits per heavy atom. The molecule has 1 aromatic heterocycles. The summed E-state index contributed by atoms with van der Waals surface area (Å²) in [5.74, 6) is 0. The van der Waals surface area contributed by atoms with E-state index in [0.717, 1.165) is 10.5 Å². The molecule has 0 bridgehead atoms. The number of rotatable bonds is 1. The molecule has 1 heterocycles. The molecular weight excluding hydrogens is 392 g/mol. The number of aromatic nitrogens is 1. The van der Waals surface area contributed by atoms with E-state index in [1.807, 2.05) is 0 Å². The highest BCUT2D eigenvalue weighted by Gasteiger charge is 2.04. The van der Waals surface area contributed by atoms with Crippen LogP contribution in [0.25, 0.3) is 0 Å². The predicted octanol–water partition coefficient (Wildman–Crippen LogP) is 3.51. The largest absolute Gasteiger partial charge is 0.318 e. The van der Waals surface area contributed by atoms with Gasteiger partial charge in [-0.15, -0.1) is 0 Å². The third-order valence-electron chi connectivity index (χ3n) is 1.11. The summed E-state index contributed by atoms with van der Waals surface area (Å²) in [6.45, 7) is 3.09. The minimum atomic E-state index is 0.983. The Hall–Kier alpha value is 1.31. The lowest BCUT2D eigenvalue weighted by molar-refractivity contribution is 0.742. The van der Waals surface area contributed by atoms with Crippen molar-refractivity contribution in [1.29, 1.82) is 0 Å². The maximum atomic E-state index is 5.13. The summed E-state index contributed by atoms with van der Waals surface area (Å²) < 4.78 is 5.69. The van der Waals surface area contributed by atoms with Gasteiger partial charge in [-0.05, 0) is 64.3 Å². The molecule has 1 rings (SSSR count). The first-order valence-corrected chi connectivity index (χ1v) is 6.09. The Kier molecular flexibility index (Phi) is 3.58. The first-order chi connectivity index (χ1) is 4.66. The fraction of sp³-hybridized carbons (Fsp3) is 0.400. The van der Waals surface area contributed by atoms with Crippen LogP contribution >= 0.6 is 68.7 Å². The molecule has 0 fully saturated rings. The Labute approximate surface area is 96.1 Å². The van der Waals surface area contributed by atoms with Crippen LogP contribution in [0.4, 0.5) is 0 Å². The molecule has 0 atom stereocenters. The van der Waals surface area contributed by atoms with Crippen molar-refractivity contribution in [3.63, 3.8) is 0 Å². The van der Waals surface area contributed by atoms with Crippen molar-refractivity contribution in [2.45, 2.75) is 13.5 Å². The summed E-state index contributed by atoms with van der Waals surface area (Å²) in [6.07, 6.45) is 0. The number of hydrogen-bond donors (Lipinski definition) is 0. The van der Waals surface area contributed by atoms with Crippen LogP contribution in [0.15, 0.2) is 0 Å². The molecule has 10 heavy (non-hydrogen) atoms. The lowest BCUT2D eigenvalue weighted by Crippen LogP contribution is -1.95. The average Bonchev–Trinajstić information content (AvgIpc) is 2.09. The minimum absolute atomic E-state index is 0.983. The van der Waals surface area contributed by atoms with Crippen LogP contribution in [0.3, 0.4) is 0 Å². The fourth-order valence-corrected chi connectivity index (χ4v) is 4.38. The van der Waals surface area contributed by atoms with Crippen LogP contribution in [0.1, 0.15) is 6.92 Å². The van der Waals surface area contributed by atoms with E-state index in [4.69, 9.17) is 12.2 Å². The van der Waals surface area contributed by atoms with Gasteiger partial charge >= 0.3 is 0 Å². The van der Waals surface area contributed by atoms with Crippen LogP contribution in [-0.2, 0) is 6.54 Å². The van der Waals surface area contributed by atoms with Crippen molar-refractivity contribution < 1.29 is 0 Å². The van der Waals surface area contributed by atoms with Gasteiger partial charge in [-0.3, -0.25) is 0 Å². The molecule has 0 unspecified atom stereocenters. The molecule has 0 aromatic carbocycles. The van der Waals surface area contributed by atoms with Gasteiger partial charge in [-0.2, -0.15) is 0 Å². The summed E-state index contributed by atoms with van der Waals surface area (Å²) in [4.78, 5) is 0. The zero-order chi connectivity index (χ0) is 7.72. The Bertz CT molecular complexity index is 288. The zero-order valence-corrected chi connectivity index (χ0v) is 11.2. The minimum Gasteiger partial charge on any atom is -0.318 e. The van der Waals surface area contributed by atoms with Gasteiger partial charge in [0.2, 0.25) is 0 Å². The first-order valence-electron chi connectivity index (χ1n) is 2.71. The van der Waals surface area contributed by atoms with Crippen molar-refractivity contribution in [1.82, 2.24) is 4.57 Å². The summed E-state index contributed by atoms with van der Waals surface area (Å²) in [7, 11) is 0. The van der Waals surface area contributed by atoms with Crippen molar-refractivity contribution >= 4 is 68.7 Å².